The molecule has 0 aliphatic rings. The molecule has 0 unspecified atom stereocenters. The van der Waals surface area contributed by atoms with Crippen molar-refractivity contribution in [3.63, 3.8) is 0 Å². The van der Waals surface area contributed by atoms with E-state index in [1.54, 1.807) is 12.1 Å². The Morgan fingerprint density at radius 1 is 1.17 bits per heavy atom. The van der Waals surface area contributed by atoms with Gasteiger partial charge in [-0.05, 0) is 42.3 Å². The van der Waals surface area contributed by atoms with Gasteiger partial charge in [0.15, 0.2) is 16.7 Å². The topological polar surface area (TPSA) is 47.1 Å². The molecule has 24 heavy (non-hydrogen) atoms. The molecule has 0 spiro atoms. The van der Waals surface area contributed by atoms with Crippen LogP contribution in [0.3, 0.4) is 0 Å². The third-order valence-electron chi connectivity index (χ3n) is 3.44. The molecule has 126 valence electrons. The number of fused-ring (bicyclic) bond motifs is 1. The van der Waals surface area contributed by atoms with Crippen LogP contribution < -0.4 is 9.47 Å². The van der Waals surface area contributed by atoms with E-state index in [0.29, 0.717) is 5.75 Å². The van der Waals surface area contributed by atoms with Crippen LogP contribution in [-0.4, -0.2) is 23.7 Å². The Balaban J connectivity index is 1.73. The number of H-pyrrole nitrogens is 1. The average molecular weight is 350 g/mol. The number of imidazole rings is 1. The van der Waals surface area contributed by atoms with Gasteiger partial charge in [0.25, 0.3) is 0 Å². The van der Waals surface area contributed by atoms with Gasteiger partial charge in [0.05, 0.1) is 18.1 Å². The molecule has 0 bridgehead atoms. The molecule has 0 radical (unpaired) electrons. The average Bonchev–Trinajstić information content (AvgIpc) is 2.95. The lowest BCUT2D eigenvalue weighted by Gasteiger charge is -2.11. The van der Waals surface area contributed by atoms with Gasteiger partial charge in [0, 0.05) is 5.75 Å². The van der Waals surface area contributed by atoms with Crippen molar-refractivity contribution in [2.45, 2.75) is 24.4 Å². The van der Waals surface area contributed by atoms with Gasteiger partial charge in [0.1, 0.15) is 0 Å². The number of aryl methyl sites for hydroxylation is 1. The van der Waals surface area contributed by atoms with Gasteiger partial charge in [-0.1, -0.05) is 23.9 Å². The number of ether oxygens (including phenoxy) is 2. The highest BCUT2D eigenvalue weighted by Gasteiger charge is 2.11. The number of halogens is 2. The van der Waals surface area contributed by atoms with Crippen LogP contribution in [0.2, 0.25) is 0 Å². The molecule has 3 rings (SSSR count). The predicted octanol–water partition coefficient (Wildman–Crippen LogP) is 4.77. The highest BCUT2D eigenvalue weighted by atomic mass is 32.2. The number of thioether (sulfide) groups is 1. The molecule has 3 aromatic rings. The Morgan fingerprint density at radius 3 is 2.75 bits per heavy atom. The number of hydrogen-bond donors (Lipinski definition) is 1. The number of aromatic amines is 1. The van der Waals surface area contributed by atoms with Crippen LogP contribution in [0.5, 0.6) is 11.5 Å². The fourth-order valence-corrected chi connectivity index (χ4v) is 3.14. The lowest BCUT2D eigenvalue weighted by Crippen LogP contribution is -2.03. The van der Waals surface area contributed by atoms with Crippen molar-refractivity contribution >= 4 is 22.8 Å². The number of methoxy groups -OCH3 is 1. The van der Waals surface area contributed by atoms with Crippen LogP contribution >= 0.6 is 11.8 Å². The Hall–Kier alpha value is -2.28. The van der Waals surface area contributed by atoms with E-state index >= 15 is 0 Å². The predicted molar refractivity (Wildman–Crippen MR) is 90.0 cm³/mol. The van der Waals surface area contributed by atoms with Gasteiger partial charge in [-0.25, -0.2) is 4.98 Å². The normalized spacial score (nSPS) is 11.2. The molecule has 0 aliphatic heterocycles. The van der Waals surface area contributed by atoms with Crippen LogP contribution in [0.4, 0.5) is 8.78 Å². The molecular weight excluding hydrogens is 334 g/mol. The van der Waals surface area contributed by atoms with E-state index in [9.17, 15) is 8.78 Å². The monoisotopic (exact) mass is 350 g/mol. The van der Waals surface area contributed by atoms with Crippen molar-refractivity contribution in [1.29, 1.82) is 0 Å². The molecule has 0 amide bonds. The SMILES string of the molecule is COc1cc(CSc2nc3ccc(C)cc3[nH]2)ccc1OC(F)F. The Bertz CT molecular complexity index is 852. The summed E-state index contributed by atoms with van der Waals surface area (Å²) in [6.45, 7) is -0.847. The first-order valence-electron chi connectivity index (χ1n) is 7.26. The number of hydrogen-bond acceptors (Lipinski definition) is 4. The van der Waals surface area contributed by atoms with Gasteiger partial charge in [-0.15, -0.1) is 0 Å². The largest absolute Gasteiger partial charge is 0.493 e. The summed E-state index contributed by atoms with van der Waals surface area (Å²) < 4.78 is 34.2. The van der Waals surface area contributed by atoms with Crippen LogP contribution in [0, 0.1) is 6.92 Å². The first kappa shape index (κ1) is 16.6. The van der Waals surface area contributed by atoms with Crippen LogP contribution in [0.25, 0.3) is 11.0 Å². The lowest BCUT2D eigenvalue weighted by molar-refractivity contribution is -0.0512. The van der Waals surface area contributed by atoms with Gasteiger partial charge in [-0.3, -0.25) is 0 Å². The molecule has 1 heterocycles. The zero-order valence-electron chi connectivity index (χ0n) is 13.2. The molecule has 0 saturated carbocycles. The zero-order chi connectivity index (χ0) is 17.1. The Kier molecular flexibility index (Phi) is 4.89. The molecule has 1 aromatic heterocycles. The van der Waals surface area contributed by atoms with Crippen molar-refractivity contribution in [2.24, 2.45) is 0 Å². The van der Waals surface area contributed by atoms with Gasteiger partial charge >= 0.3 is 6.61 Å². The first-order chi connectivity index (χ1) is 11.5. The van der Waals surface area contributed by atoms with E-state index in [-0.39, 0.29) is 11.5 Å². The molecule has 0 atom stereocenters. The first-order valence-corrected chi connectivity index (χ1v) is 8.24. The molecular formula is C17H16F2N2O2S. The fraction of sp³-hybridized carbons (Fsp3) is 0.235. The number of rotatable bonds is 6. The highest BCUT2D eigenvalue weighted by molar-refractivity contribution is 7.98. The summed E-state index contributed by atoms with van der Waals surface area (Å²) >= 11 is 1.53. The summed E-state index contributed by atoms with van der Waals surface area (Å²) in [5, 5.41) is 0.808. The van der Waals surface area contributed by atoms with Crippen molar-refractivity contribution in [3.8, 4) is 11.5 Å². The maximum Gasteiger partial charge on any atom is 0.387 e. The Labute approximate surface area is 142 Å². The minimum absolute atomic E-state index is 0.0282. The molecule has 0 saturated heterocycles. The molecule has 0 aliphatic carbocycles. The number of nitrogens with one attached hydrogen (secondary N) is 1. The fourth-order valence-electron chi connectivity index (χ4n) is 2.32. The maximum atomic E-state index is 12.3. The summed E-state index contributed by atoms with van der Waals surface area (Å²) in [7, 11) is 1.42. The van der Waals surface area contributed by atoms with E-state index in [1.165, 1.54) is 30.5 Å². The second kappa shape index (κ2) is 7.09. The van der Waals surface area contributed by atoms with Crippen molar-refractivity contribution in [1.82, 2.24) is 9.97 Å². The molecule has 7 heteroatoms. The number of alkyl halides is 2. The van der Waals surface area contributed by atoms with Gasteiger partial charge in [-0.2, -0.15) is 8.78 Å². The minimum Gasteiger partial charge on any atom is -0.493 e. The second-order valence-corrected chi connectivity index (χ2v) is 6.18. The molecule has 4 nitrogen and oxygen atoms in total. The van der Waals surface area contributed by atoms with Crippen LogP contribution in [0.1, 0.15) is 11.1 Å². The highest BCUT2D eigenvalue weighted by Crippen LogP contribution is 2.32. The standard InChI is InChI=1S/C17H16F2N2O2S/c1-10-3-5-12-13(7-10)21-17(20-12)24-9-11-4-6-14(23-16(18)19)15(8-11)22-2/h3-8,16H,9H2,1-2H3,(H,20,21). The third-order valence-corrected chi connectivity index (χ3v) is 4.38. The van der Waals surface area contributed by atoms with Crippen molar-refractivity contribution < 1.29 is 18.3 Å². The van der Waals surface area contributed by atoms with E-state index in [1.807, 2.05) is 25.1 Å². The minimum atomic E-state index is -2.88. The zero-order valence-corrected chi connectivity index (χ0v) is 14.0. The second-order valence-electron chi connectivity index (χ2n) is 5.21. The van der Waals surface area contributed by atoms with Crippen molar-refractivity contribution in [2.75, 3.05) is 7.11 Å². The van der Waals surface area contributed by atoms with E-state index in [4.69, 9.17) is 4.74 Å². The Morgan fingerprint density at radius 2 is 2.00 bits per heavy atom. The molecule has 2 aromatic carbocycles. The summed E-state index contributed by atoms with van der Waals surface area (Å²) in [6.07, 6.45) is 0. The summed E-state index contributed by atoms with van der Waals surface area (Å²) in [4.78, 5) is 7.79. The third kappa shape index (κ3) is 3.79. The lowest BCUT2D eigenvalue weighted by atomic mass is 10.2. The van der Waals surface area contributed by atoms with Gasteiger partial charge < -0.3 is 14.5 Å². The van der Waals surface area contributed by atoms with E-state index < -0.39 is 6.61 Å². The van der Waals surface area contributed by atoms with E-state index in [2.05, 4.69) is 14.7 Å². The summed E-state index contributed by atoms with van der Waals surface area (Å²) in [5.74, 6) is 0.943. The molecule has 0 fully saturated rings. The quantitative estimate of drug-likeness (QED) is 0.650. The van der Waals surface area contributed by atoms with Crippen LogP contribution in [-0.2, 0) is 5.75 Å². The number of nitrogens with zero attached hydrogens (tertiary/aromatic N) is 1. The van der Waals surface area contributed by atoms with E-state index in [0.717, 1.165) is 21.8 Å². The summed E-state index contributed by atoms with van der Waals surface area (Å²) in [5.41, 5.74) is 4.01. The van der Waals surface area contributed by atoms with Gasteiger partial charge in [0.2, 0.25) is 0 Å². The summed E-state index contributed by atoms with van der Waals surface area (Å²) in [6, 6.07) is 11.0. The van der Waals surface area contributed by atoms with Crippen LogP contribution in [0.15, 0.2) is 41.6 Å². The smallest absolute Gasteiger partial charge is 0.387 e. The number of aromatic nitrogens is 2. The number of benzene rings is 2. The molecule has 1 N–H and O–H groups in total. The maximum absolute atomic E-state index is 12.3. The van der Waals surface area contributed by atoms with Crippen molar-refractivity contribution in [3.05, 3.63) is 47.5 Å².